The fourth-order valence-corrected chi connectivity index (χ4v) is 3.32. The second kappa shape index (κ2) is 9.39. The smallest absolute Gasteiger partial charge is 0.269 e. The van der Waals surface area contributed by atoms with Gasteiger partial charge in [-0.1, -0.05) is 35.9 Å². The van der Waals surface area contributed by atoms with Crippen molar-refractivity contribution < 1.29 is 9.53 Å². The summed E-state index contributed by atoms with van der Waals surface area (Å²) < 4.78 is 7.23. The van der Waals surface area contributed by atoms with Gasteiger partial charge in [0.15, 0.2) is 0 Å². The van der Waals surface area contributed by atoms with Crippen LogP contribution in [0.5, 0.6) is 11.6 Å². The Morgan fingerprint density at radius 1 is 1.15 bits per heavy atom. The summed E-state index contributed by atoms with van der Waals surface area (Å²) in [6.45, 7) is 1.91. The number of fused-ring (bicyclic) bond motifs is 1. The summed E-state index contributed by atoms with van der Waals surface area (Å²) in [6, 6.07) is 20.7. The van der Waals surface area contributed by atoms with Gasteiger partial charge in [-0.25, -0.2) is 0 Å². The van der Waals surface area contributed by atoms with E-state index in [-0.39, 0.29) is 17.0 Å². The molecule has 0 saturated carbocycles. The highest BCUT2D eigenvalue weighted by Gasteiger charge is 2.17. The van der Waals surface area contributed by atoms with E-state index in [9.17, 15) is 14.9 Å². The fourth-order valence-electron chi connectivity index (χ4n) is 3.13. The lowest BCUT2D eigenvalue weighted by Gasteiger charge is -2.11. The molecule has 0 unspecified atom stereocenters. The van der Waals surface area contributed by atoms with E-state index in [0.717, 1.165) is 5.56 Å². The molecule has 0 atom stereocenters. The van der Waals surface area contributed by atoms with Crippen LogP contribution in [-0.4, -0.2) is 15.3 Å². The first-order valence-corrected chi connectivity index (χ1v) is 10.3. The van der Waals surface area contributed by atoms with Crippen molar-refractivity contribution in [2.45, 2.75) is 6.92 Å². The Morgan fingerprint density at radius 2 is 1.97 bits per heavy atom. The minimum Gasteiger partial charge on any atom is -0.438 e. The van der Waals surface area contributed by atoms with E-state index in [1.807, 2.05) is 25.1 Å². The van der Waals surface area contributed by atoms with Gasteiger partial charge in [0, 0.05) is 16.9 Å². The number of carbonyl (C=O) groups excluding carboxylic acids is 1. The normalized spacial score (nSPS) is 11.1. The van der Waals surface area contributed by atoms with E-state index in [1.54, 1.807) is 60.8 Å². The summed E-state index contributed by atoms with van der Waals surface area (Å²) in [4.78, 5) is 30.4. The number of halogens is 1. The molecule has 8 heteroatoms. The number of benzene rings is 2. The average Bonchev–Trinajstić information content (AvgIpc) is 2.79. The number of ether oxygens (including phenoxy) is 1. The molecule has 0 aliphatic rings. The van der Waals surface area contributed by atoms with Crippen LogP contribution in [0.25, 0.3) is 11.7 Å². The maximum absolute atomic E-state index is 13.2. The summed E-state index contributed by atoms with van der Waals surface area (Å²) >= 11 is 5.96. The largest absolute Gasteiger partial charge is 0.438 e. The van der Waals surface area contributed by atoms with Crippen molar-refractivity contribution in [3.8, 4) is 17.7 Å². The molecule has 0 fully saturated rings. The molecule has 0 aliphatic heterocycles. The Kier molecular flexibility index (Phi) is 6.20. The van der Waals surface area contributed by atoms with Crippen LogP contribution in [0.1, 0.15) is 11.1 Å². The molecule has 1 amide bonds. The zero-order valence-electron chi connectivity index (χ0n) is 17.4. The maximum Gasteiger partial charge on any atom is 0.269 e. The van der Waals surface area contributed by atoms with Crippen LogP contribution < -0.4 is 15.6 Å². The number of aryl methyl sites for hydroxylation is 1. The van der Waals surface area contributed by atoms with E-state index in [2.05, 4.69) is 10.3 Å². The Balaban J connectivity index is 1.80. The van der Waals surface area contributed by atoms with Gasteiger partial charge in [-0.15, -0.1) is 0 Å². The highest BCUT2D eigenvalue weighted by atomic mass is 35.5. The van der Waals surface area contributed by atoms with Gasteiger partial charge >= 0.3 is 0 Å². The van der Waals surface area contributed by atoms with Crippen molar-refractivity contribution in [3.05, 3.63) is 105 Å². The third-order valence-corrected chi connectivity index (χ3v) is 4.91. The molecule has 33 heavy (non-hydrogen) atoms. The quantitative estimate of drug-likeness (QED) is 0.337. The molecule has 7 nitrogen and oxygen atoms in total. The number of carbonyl (C=O) groups is 1. The monoisotopic (exact) mass is 456 g/mol. The molecule has 1 N–H and O–H groups in total. The Bertz CT molecular complexity index is 1500. The van der Waals surface area contributed by atoms with Crippen LogP contribution in [-0.2, 0) is 4.79 Å². The molecule has 0 bridgehead atoms. The number of nitrogens with one attached hydrogen (secondary N) is 1. The number of nitriles is 1. The van der Waals surface area contributed by atoms with Gasteiger partial charge in [0.1, 0.15) is 28.6 Å². The van der Waals surface area contributed by atoms with E-state index in [1.165, 1.54) is 10.5 Å². The van der Waals surface area contributed by atoms with Crippen LogP contribution in [0, 0.1) is 18.3 Å². The number of hydrogen-bond donors (Lipinski definition) is 1. The second-order valence-electron chi connectivity index (χ2n) is 7.12. The Morgan fingerprint density at radius 3 is 2.73 bits per heavy atom. The number of nitrogens with zero attached hydrogens (tertiary/aromatic N) is 3. The van der Waals surface area contributed by atoms with E-state index in [4.69, 9.17) is 16.3 Å². The van der Waals surface area contributed by atoms with Gasteiger partial charge in [-0.3, -0.25) is 14.0 Å². The van der Waals surface area contributed by atoms with Gasteiger partial charge in [-0.2, -0.15) is 10.2 Å². The standard InChI is InChI=1S/C25H17ClN4O3/c1-16-6-4-9-20(12-16)33-24-21(25(32)30-11-3-2-10-22(30)29-24)13-17(15-27)23(31)28-19-8-5-7-18(26)14-19/h2-14H,1H3,(H,28,31)/b17-13-. The molecule has 0 saturated heterocycles. The van der Waals surface area contributed by atoms with Crippen LogP contribution in [0.4, 0.5) is 5.69 Å². The number of hydrogen-bond acceptors (Lipinski definition) is 5. The molecule has 0 radical (unpaired) electrons. The highest BCUT2D eigenvalue weighted by molar-refractivity contribution is 6.31. The summed E-state index contributed by atoms with van der Waals surface area (Å²) in [7, 11) is 0. The summed E-state index contributed by atoms with van der Waals surface area (Å²) in [5.74, 6) is -0.238. The second-order valence-corrected chi connectivity index (χ2v) is 7.55. The molecule has 0 aliphatic carbocycles. The van der Waals surface area contributed by atoms with E-state index >= 15 is 0 Å². The Hall–Kier alpha value is -4.41. The molecule has 162 valence electrons. The van der Waals surface area contributed by atoms with Crippen molar-refractivity contribution in [1.82, 2.24) is 9.38 Å². The molecule has 0 spiro atoms. The van der Waals surface area contributed by atoms with E-state index in [0.29, 0.717) is 22.1 Å². The van der Waals surface area contributed by atoms with Gasteiger partial charge in [0.25, 0.3) is 11.5 Å². The SMILES string of the molecule is Cc1cccc(Oc2nc3ccccn3c(=O)c2/C=C(/C#N)C(=O)Nc2cccc(Cl)c2)c1. The molecular weight excluding hydrogens is 440 g/mol. The van der Waals surface area contributed by atoms with Gasteiger partial charge in [0.2, 0.25) is 5.88 Å². The molecule has 4 aromatic rings. The summed E-state index contributed by atoms with van der Waals surface area (Å²) in [5.41, 5.74) is 0.937. The van der Waals surface area contributed by atoms with Crippen LogP contribution in [0.2, 0.25) is 5.02 Å². The van der Waals surface area contributed by atoms with Crippen molar-refractivity contribution in [2.75, 3.05) is 5.32 Å². The number of aromatic nitrogens is 2. The molecule has 2 heterocycles. The lowest BCUT2D eigenvalue weighted by atomic mass is 10.1. The molecule has 2 aromatic heterocycles. The Labute approximate surface area is 194 Å². The van der Waals surface area contributed by atoms with Crippen LogP contribution in [0.3, 0.4) is 0 Å². The third-order valence-electron chi connectivity index (χ3n) is 4.67. The first-order valence-electron chi connectivity index (χ1n) is 9.89. The van der Waals surface area contributed by atoms with Crippen molar-refractivity contribution in [1.29, 1.82) is 5.26 Å². The van der Waals surface area contributed by atoms with Gasteiger partial charge in [-0.05, 0) is 61.0 Å². The van der Waals surface area contributed by atoms with Crippen molar-refractivity contribution in [3.63, 3.8) is 0 Å². The maximum atomic E-state index is 13.2. The minimum atomic E-state index is -0.696. The lowest BCUT2D eigenvalue weighted by molar-refractivity contribution is -0.112. The molecule has 2 aromatic carbocycles. The lowest BCUT2D eigenvalue weighted by Crippen LogP contribution is -2.20. The summed E-state index contributed by atoms with van der Waals surface area (Å²) in [5, 5.41) is 12.7. The number of pyridine rings is 1. The number of amides is 1. The molecule has 4 rings (SSSR count). The summed E-state index contributed by atoms with van der Waals surface area (Å²) in [6.07, 6.45) is 2.73. The van der Waals surface area contributed by atoms with Crippen LogP contribution >= 0.6 is 11.6 Å². The fraction of sp³-hybridized carbons (Fsp3) is 0.0400. The number of rotatable bonds is 5. The van der Waals surface area contributed by atoms with Crippen LogP contribution in [0.15, 0.2) is 83.3 Å². The van der Waals surface area contributed by atoms with E-state index < -0.39 is 11.5 Å². The van der Waals surface area contributed by atoms with Gasteiger partial charge < -0.3 is 10.1 Å². The molecular formula is C25H17ClN4O3. The number of anilines is 1. The topological polar surface area (TPSA) is 96.5 Å². The minimum absolute atomic E-state index is 0.0138. The zero-order chi connectivity index (χ0) is 23.4. The average molecular weight is 457 g/mol. The van der Waals surface area contributed by atoms with Crippen molar-refractivity contribution >= 4 is 34.9 Å². The predicted molar refractivity (Wildman–Crippen MR) is 126 cm³/mol. The first-order chi connectivity index (χ1) is 15.9. The third kappa shape index (κ3) is 4.92. The van der Waals surface area contributed by atoms with Gasteiger partial charge in [0.05, 0.1) is 0 Å². The first kappa shape index (κ1) is 21.8. The predicted octanol–water partition coefficient (Wildman–Crippen LogP) is 4.99. The van der Waals surface area contributed by atoms with Crippen molar-refractivity contribution in [2.24, 2.45) is 0 Å². The highest BCUT2D eigenvalue weighted by Crippen LogP contribution is 2.25. The zero-order valence-corrected chi connectivity index (χ0v) is 18.2.